The van der Waals surface area contributed by atoms with Crippen LogP contribution in [0.2, 0.25) is 0 Å². The molecule has 2 N–H and O–H groups in total. The van der Waals surface area contributed by atoms with Crippen LogP contribution in [0.3, 0.4) is 0 Å². The van der Waals surface area contributed by atoms with Crippen LogP contribution >= 0.6 is 0 Å². The third kappa shape index (κ3) is 5.27. The van der Waals surface area contributed by atoms with Gasteiger partial charge in [0.05, 0.1) is 0 Å². The van der Waals surface area contributed by atoms with Crippen molar-refractivity contribution in [1.82, 2.24) is 0 Å². The van der Waals surface area contributed by atoms with Gasteiger partial charge in [-0.05, 0) is 6.42 Å². The van der Waals surface area contributed by atoms with Gasteiger partial charge in [0.15, 0.2) is 0 Å². The molecule has 0 aromatic carbocycles. The van der Waals surface area contributed by atoms with Crippen LogP contribution < -0.4 is 0 Å². The molecule has 0 aliphatic heterocycles. The molecule has 1 fully saturated rings. The van der Waals surface area contributed by atoms with Crippen molar-refractivity contribution in [3.05, 3.63) is 0 Å². The Bertz CT molecular complexity index is 114. The molecule has 5 heteroatoms. The zero-order valence-electron chi connectivity index (χ0n) is 5.18. The lowest BCUT2D eigenvalue weighted by Gasteiger charge is -2.23. The molecule has 0 heterocycles. The van der Waals surface area contributed by atoms with E-state index in [0.717, 1.165) is 0 Å². The van der Waals surface area contributed by atoms with Gasteiger partial charge in [-0.3, -0.25) is 0 Å². The summed E-state index contributed by atoms with van der Waals surface area (Å²) in [6.07, 6.45) is -0.882. The van der Waals surface area contributed by atoms with Crippen LogP contribution in [0.5, 0.6) is 0 Å². The third-order valence-corrected chi connectivity index (χ3v) is 1.09. The fourth-order valence-electron chi connectivity index (χ4n) is 0.444. The van der Waals surface area contributed by atoms with Crippen LogP contribution in [0.15, 0.2) is 0 Å². The molecule has 0 amide bonds. The molecule has 3 nitrogen and oxygen atoms in total. The van der Waals surface area contributed by atoms with Crippen molar-refractivity contribution in [3.8, 4) is 0 Å². The van der Waals surface area contributed by atoms with Gasteiger partial charge in [0.25, 0.3) is 0 Å². The first-order valence-corrected chi connectivity index (χ1v) is 2.74. The normalized spacial score (nSPS) is 19.8. The van der Waals surface area contributed by atoms with E-state index in [-0.39, 0.29) is 12.8 Å². The van der Waals surface area contributed by atoms with Gasteiger partial charge in [-0.1, -0.05) is 0 Å². The largest absolute Gasteiger partial charge is 0.503 e. The van der Waals surface area contributed by atoms with E-state index in [2.05, 4.69) is 0 Å². The van der Waals surface area contributed by atoms with Crippen molar-refractivity contribution in [2.24, 2.45) is 0 Å². The second kappa shape index (κ2) is 3.34. The molecule has 0 unspecified atom stereocenters. The van der Waals surface area contributed by atoms with Crippen LogP contribution in [0.4, 0.5) is 13.6 Å². The minimum Gasteiger partial charge on any atom is -0.450 e. The van der Waals surface area contributed by atoms with Crippen LogP contribution in [0.25, 0.3) is 0 Å². The summed E-state index contributed by atoms with van der Waals surface area (Å²) in [5.41, 5.74) is 0. The molecule has 60 valence electrons. The van der Waals surface area contributed by atoms with Gasteiger partial charge in [0.2, 0.25) is 5.92 Å². The number of rotatable bonds is 0. The summed E-state index contributed by atoms with van der Waals surface area (Å²) >= 11 is 0. The maximum Gasteiger partial charge on any atom is 0.503 e. The summed E-state index contributed by atoms with van der Waals surface area (Å²) in [6, 6.07) is 0. The van der Waals surface area contributed by atoms with E-state index in [0.29, 0.717) is 6.42 Å². The van der Waals surface area contributed by atoms with E-state index in [4.69, 9.17) is 15.0 Å². The van der Waals surface area contributed by atoms with Crippen LogP contribution in [-0.4, -0.2) is 22.3 Å². The lowest BCUT2D eigenvalue weighted by atomic mass is 9.95. The summed E-state index contributed by atoms with van der Waals surface area (Å²) in [7, 11) is 0. The number of hydrogen-bond acceptors (Lipinski definition) is 1. The van der Waals surface area contributed by atoms with Gasteiger partial charge in [0, 0.05) is 12.8 Å². The highest BCUT2D eigenvalue weighted by Crippen LogP contribution is 2.36. The minimum atomic E-state index is -2.28. The predicted molar refractivity (Wildman–Crippen MR) is 29.5 cm³/mol. The Morgan fingerprint density at radius 2 is 1.50 bits per heavy atom. The summed E-state index contributed by atoms with van der Waals surface area (Å²) in [5.74, 6) is -2.28. The van der Waals surface area contributed by atoms with Crippen molar-refractivity contribution >= 4 is 6.16 Å². The lowest BCUT2D eigenvalue weighted by molar-refractivity contribution is -0.0717. The summed E-state index contributed by atoms with van der Waals surface area (Å²) in [6.45, 7) is 0. The van der Waals surface area contributed by atoms with E-state index in [1.807, 2.05) is 0 Å². The Hall–Kier alpha value is -0.870. The number of alkyl halides is 2. The van der Waals surface area contributed by atoms with E-state index < -0.39 is 12.1 Å². The smallest absolute Gasteiger partial charge is 0.450 e. The van der Waals surface area contributed by atoms with Crippen molar-refractivity contribution in [3.63, 3.8) is 0 Å². The first-order chi connectivity index (χ1) is 4.44. The zero-order chi connectivity index (χ0) is 8.20. The first-order valence-electron chi connectivity index (χ1n) is 2.74. The number of carboxylic acid groups (broad SMARTS) is 2. The molecule has 0 radical (unpaired) electrons. The fraction of sp³-hybridized carbons (Fsp3) is 0.800. The minimum absolute atomic E-state index is 0.118. The molecule has 0 saturated heterocycles. The fourth-order valence-corrected chi connectivity index (χ4v) is 0.444. The van der Waals surface area contributed by atoms with Gasteiger partial charge in [-0.25, -0.2) is 13.6 Å². The molecule has 0 aromatic heterocycles. The standard InChI is InChI=1S/C4H6F2.CH2O3/c5-4(6)2-1-3-4;2-1(3)4/h1-3H2;(H2,2,3,4). The molecule has 1 aliphatic rings. The average molecular weight is 154 g/mol. The maximum absolute atomic E-state index is 11.5. The highest BCUT2D eigenvalue weighted by molar-refractivity contribution is 5.53. The molecule has 1 saturated carbocycles. The Morgan fingerprint density at radius 3 is 1.50 bits per heavy atom. The van der Waals surface area contributed by atoms with Crippen molar-refractivity contribution in [2.45, 2.75) is 25.2 Å². The maximum atomic E-state index is 11.5. The number of carbonyl (C=O) groups is 1. The quantitative estimate of drug-likeness (QED) is 0.561. The first kappa shape index (κ1) is 9.13. The summed E-state index contributed by atoms with van der Waals surface area (Å²) in [4.78, 5) is 8.56. The van der Waals surface area contributed by atoms with Crippen LogP contribution in [0, 0.1) is 0 Å². The van der Waals surface area contributed by atoms with E-state index >= 15 is 0 Å². The van der Waals surface area contributed by atoms with E-state index in [9.17, 15) is 8.78 Å². The molecule has 10 heavy (non-hydrogen) atoms. The van der Waals surface area contributed by atoms with E-state index in [1.165, 1.54) is 0 Å². The Balaban J connectivity index is 0.000000180. The number of hydrogen-bond donors (Lipinski definition) is 2. The number of halogens is 2. The topological polar surface area (TPSA) is 57.5 Å². The van der Waals surface area contributed by atoms with Crippen LogP contribution in [0.1, 0.15) is 19.3 Å². The molecule has 0 aromatic rings. The van der Waals surface area contributed by atoms with Gasteiger partial charge in [0.1, 0.15) is 0 Å². The highest BCUT2D eigenvalue weighted by Gasteiger charge is 2.36. The van der Waals surface area contributed by atoms with Crippen molar-refractivity contribution in [1.29, 1.82) is 0 Å². The third-order valence-electron chi connectivity index (χ3n) is 1.09. The lowest BCUT2D eigenvalue weighted by Crippen LogP contribution is -2.24. The highest BCUT2D eigenvalue weighted by atomic mass is 19.3. The summed E-state index contributed by atoms with van der Waals surface area (Å²) in [5, 5.41) is 13.9. The zero-order valence-corrected chi connectivity index (χ0v) is 5.18. The second-order valence-electron chi connectivity index (χ2n) is 1.99. The molecule has 0 spiro atoms. The summed E-state index contributed by atoms with van der Waals surface area (Å²) < 4.78 is 23.1. The molecule has 1 rings (SSSR count). The Labute approximate surface area is 56.3 Å². The monoisotopic (exact) mass is 154 g/mol. The van der Waals surface area contributed by atoms with Crippen LogP contribution in [-0.2, 0) is 0 Å². The van der Waals surface area contributed by atoms with Gasteiger partial charge in [-0.15, -0.1) is 0 Å². The SMILES string of the molecule is FC1(F)CCC1.O=C(O)O. The van der Waals surface area contributed by atoms with Gasteiger partial charge in [-0.2, -0.15) is 0 Å². The Morgan fingerprint density at radius 1 is 1.30 bits per heavy atom. The molecule has 0 bridgehead atoms. The predicted octanol–water partition coefficient (Wildman–Crippen LogP) is 2.03. The Kier molecular flexibility index (Phi) is 3.05. The molecular weight excluding hydrogens is 146 g/mol. The van der Waals surface area contributed by atoms with E-state index in [1.54, 1.807) is 0 Å². The van der Waals surface area contributed by atoms with Gasteiger partial charge < -0.3 is 10.2 Å². The second-order valence-corrected chi connectivity index (χ2v) is 1.99. The molecule has 1 aliphatic carbocycles. The molecule has 0 atom stereocenters. The van der Waals surface area contributed by atoms with Crippen molar-refractivity contribution < 1.29 is 23.8 Å². The average Bonchev–Trinajstić information content (AvgIpc) is 1.60. The van der Waals surface area contributed by atoms with Gasteiger partial charge >= 0.3 is 6.16 Å². The molecular formula is C5H8F2O3. The van der Waals surface area contributed by atoms with Crippen molar-refractivity contribution in [2.75, 3.05) is 0 Å².